The number of carbonyl (C=O) groups is 3. The van der Waals surface area contributed by atoms with Crippen molar-refractivity contribution in [3.05, 3.63) is 89.5 Å². The first-order valence-electron chi connectivity index (χ1n) is 10.3. The SMILES string of the molecule is Cc1ccccc1CN1C(=O)COc2ccc(NC(=O)CNC(=O)c3ccccc3)cc21. The Bertz CT molecular complexity index is 1160. The lowest BCUT2D eigenvalue weighted by Crippen LogP contribution is -2.38. The molecule has 2 N–H and O–H groups in total. The zero-order valence-electron chi connectivity index (χ0n) is 17.6. The highest BCUT2D eigenvalue weighted by Gasteiger charge is 2.26. The van der Waals surface area contributed by atoms with Crippen LogP contribution in [0.15, 0.2) is 72.8 Å². The third-order valence-corrected chi connectivity index (χ3v) is 5.22. The summed E-state index contributed by atoms with van der Waals surface area (Å²) in [5.41, 5.74) is 3.71. The lowest BCUT2D eigenvalue weighted by Gasteiger charge is -2.30. The maximum Gasteiger partial charge on any atom is 0.265 e. The molecule has 1 heterocycles. The number of nitrogens with one attached hydrogen (secondary N) is 2. The first-order chi connectivity index (χ1) is 15.5. The highest BCUT2D eigenvalue weighted by atomic mass is 16.5. The number of rotatable bonds is 6. The van der Waals surface area contributed by atoms with Crippen LogP contribution in [0.1, 0.15) is 21.5 Å². The van der Waals surface area contributed by atoms with Crippen LogP contribution in [0.2, 0.25) is 0 Å². The summed E-state index contributed by atoms with van der Waals surface area (Å²) in [6.07, 6.45) is 0. The van der Waals surface area contributed by atoms with Gasteiger partial charge in [-0.15, -0.1) is 0 Å². The molecule has 0 radical (unpaired) electrons. The Morgan fingerprint density at radius 1 is 1.00 bits per heavy atom. The molecule has 162 valence electrons. The Kier molecular flexibility index (Phi) is 6.17. The number of carbonyl (C=O) groups excluding carboxylic acids is 3. The number of ether oxygens (including phenoxy) is 1. The lowest BCUT2D eigenvalue weighted by atomic mass is 10.1. The molecular formula is C25H23N3O4. The van der Waals surface area contributed by atoms with E-state index < -0.39 is 0 Å². The minimum atomic E-state index is -0.372. The lowest BCUT2D eigenvalue weighted by molar-refractivity contribution is -0.121. The van der Waals surface area contributed by atoms with E-state index in [2.05, 4.69) is 10.6 Å². The number of hydrogen-bond donors (Lipinski definition) is 2. The zero-order valence-corrected chi connectivity index (χ0v) is 17.6. The Balaban J connectivity index is 1.45. The fraction of sp³-hybridized carbons (Fsp3) is 0.160. The summed E-state index contributed by atoms with van der Waals surface area (Å²) in [5, 5.41) is 5.36. The van der Waals surface area contributed by atoms with Crippen molar-refractivity contribution in [3.8, 4) is 5.75 Å². The number of hydrogen-bond acceptors (Lipinski definition) is 4. The molecule has 3 aromatic rings. The molecule has 0 atom stereocenters. The molecule has 0 saturated carbocycles. The van der Waals surface area contributed by atoms with Crippen LogP contribution >= 0.6 is 0 Å². The van der Waals surface area contributed by atoms with Gasteiger partial charge < -0.3 is 20.3 Å². The van der Waals surface area contributed by atoms with Crippen molar-refractivity contribution in [3.63, 3.8) is 0 Å². The molecular weight excluding hydrogens is 406 g/mol. The predicted octanol–water partition coefficient (Wildman–Crippen LogP) is 3.29. The Morgan fingerprint density at radius 2 is 1.75 bits per heavy atom. The van der Waals surface area contributed by atoms with Crippen molar-refractivity contribution in [1.82, 2.24) is 5.32 Å². The van der Waals surface area contributed by atoms with E-state index in [1.54, 1.807) is 47.4 Å². The van der Waals surface area contributed by atoms with Crippen molar-refractivity contribution in [2.75, 3.05) is 23.4 Å². The number of aryl methyl sites for hydroxylation is 1. The van der Waals surface area contributed by atoms with Crippen molar-refractivity contribution in [2.24, 2.45) is 0 Å². The van der Waals surface area contributed by atoms with Gasteiger partial charge in [-0.2, -0.15) is 0 Å². The van der Waals surface area contributed by atoms with Crippen LogP contribution in [0.3, 0.4) is 0 Å². The molecule has 0 aliphatic carbocycles. The Morgan fingerprint density at radius 3 is 2.53 bits per heavy atom. The van der Waals surface area contributed by atoms with Gasteiger partial charge >= 0.3 is 0 Å². The van der Waals surface area contributed by atoms with Crippen LogP contribution in [0.4, 0.5) is 11.4 Å². The molecule has 0 unspecified atom stereocenters. The van der Waals surface area contributed by atoms with Crippen molar-refractivity contribution in [2.45, 2.75) is 13.5 Å². The quantitative estimate of drug-likeness (QED) is 0.630. The van der Waals surface area contributed by atoms with Gasteiger partial charge in [-0.1, -0.05) is 42.5 Å². The molecule has 4 rings (SSSR count). The van der Waals surface area contributed by atoms with Crippen LogP contribution in [0, 0.1) is 6.92 Å². The van der Waals surface area contributed by atoms with Gasteiger partial charge in [0.25, 0.3) is 11.8 Å². The van der Waals surface area contributed by atoms with E-state index >= 15 is 0 Å². The van der Waals surface area contributed by atoms with Crippen LogP contribution in [-0.2, 0) is 16.1 Å². The van der Waals surface area contributed by atoms with Crippen LogP contribution in [0.5, 0.6) is 5.75 Å². The highest BCUT2D eigenvalue weighted by Crippen LogP contribution is 2.35. The van der Waals surface area contributed by atoms with E-state index in [1.807, 2.05) is 37.3 Å². The summed E-state index contributed by atoms with van der Waals surface area (Å²) in [6, 6.07) is 21.7. The van der Waals surface area contributed by atoms with E-state index in [-0.39, 0.29) is 30.9 Å². The smallest absolute Gasteiger partial charge is 0.265 e. The largest absolute Gasteiger partial charge is 0.482 e. The average molecular weight is 429 g/mol. The normalized spacial score (nSPS) is 12.5. The Labute approximate surface area is 186 Å². The molecule has 0 saturated heterocycles. The fourth-order valence-electron chi connectivity index (χ4n) is 3.47. The van der Waals surface area contributed by atoms with E-state index in [0.29, 0.717) is 29.2 Å². The summed E-state index contributed by atoms with van der Waals surface area (Å²) < 4.78 is 5.56. The summed E-state index contributed by atoms with van der Waals surface area (Å²) in [7, 11) is 0. The summed E-state index contributed by atoms with van der Waals surface area (Å²) in [6.45, 7) is 2.21. The minimum Gasteiger partial charge on any atom is -0.482 e. The molecule has 7 heteroatoms. The predicted molar refractivity (Wildman–Crippen MR) is 122 cm³/mol. The van der Waals surface area contributed by atoms with Gasteiger partial charge in [-0.05, 0) is 48.4 Å². The minimum absolute atomic E-state index is 0.0316. The third kappa shape index (κ3) is 4.78. The van der Waals surface area contributed by atoms with E-state index in [9.17, 15) is 14.4 Å². The van der Waals surface area contributed by atoms with E-state index in [4.69, 9.17) is 4.74 Å². The van der Waals surface area contributed by atoms with Gasteiger partial charge in [0.2, 0.25) is 5.91 Å². The number of nitrogens with zero attached hydrogens (tertiary/aromatic N) is 1. The first kappa shape index (κ1) is 21.1. The molecule has 7 nitrogen and oxygen atoms in total. The molecule has 1 aliphatic heterocycles. The van der Waals surface area contributed by atoms with E-state index in [0.717, 1.165) is 11.1 Å². The standard InChI is InChI=1S/C25H23N3O4/c1-17-7-5-6-10-19(17)15-28-21-13-20(11-12-22(21)32-16-24(28)30)27-23(29)14-26-25(31)18-8-3-2-4-9-18/h2-13H,14-16H2,1H3,(H,26,31)(H,27,29). The van der Waals surface area contributed by atoms with Gasteiger partial charge in [-0.25, -0.2) is 0 Å². The number of benzene rings is 3. The van der Waals surface area contributed by atoms with Crippen molar-refractivity contribution in [1.29, 1.82) is 0 Å². The molecule has 0 bridgehead atoms. The molecule has 3 aromatic carbocycles. The second-order valence-corrected chi connectivity index (χ2v) is 7.47. The zero-order chi connectivity index (χ0) is 22.5. The summed E-state index contributed by atoms with van der Waals surface area (Å²) in [4.78, 5) is 38.7. The summed E-state index contributed by atoms with van der Waals surface area (Å²) >= 11 is 0. The topological polar surface area (TPSA) is 87.7 Å². The van der Waals surface area contributed by atoms with Crippen molar-refractivity contribution < 1.29 is 19.1 Å². The Hall–Kier alpha value is -4.13. The summed E-state index contributed by atoms with van der Waals surface area (Å²) in [5.74, 6) is -0.273. The second kappa shape index (κ2) is 9.34. The monoisotopic (exact) mass is 429 g/mol. The van der Waals surface area contributed by atoms with Gasteiger partial charge in [0.1, 0.15) is 5.75 Å². The first-order valence-corrected chi connectivity index (χ1v) is 10.3. The molecule has 1 aliphatic rings. The van der Waals surface area contributed by atoms with Gasteiger partial charge in [0, 0.05) is 11.3 Å². The second-order valence-electron chi connectivity index (χ2n) is 7.47. The molecule has 32 heavy (non-hydrogen) atoms. The molecule has 0 spiro atoms. The van der Waals surface area contributed by atoms with Crippen LogP contribution in [-0.4, -0.2) is 30.9 Å². The number of anilines is 2. The third-order valence-electron chi connectivity index (χ3n) is 5.22. The number of fused-ring (bicyclic) bond motifs is 1. The van der Waals surface area contributed by atoms with Crippen LogP contribution < -0.4 is 20.3 Å². The molecule has 3 amide bonds. The van der Waals surface area contributed by atoms with Crippen LogP contribution in [0.25, 0.3) is 0 Å². The highest BCUT2D eigenvalue weighted by molar-refractivity contribution is 6.01. The maximum absolute atomic E-state index is 12.6. The van der Waals surface area contributed by atoms with Gasteiger partial charge in [0.05, 0.1) is 18.8 Å². The molecule has 0 fully saturated rings. The number of amides is 3. The molecule has 0 aromatic heterocycles. The van der Waals surface area contributed by atoms with E-state index in [1.165, 1.54) is 0 Å². The van der Waals surface area contributed by atoms with Crippen molar-refractivity contribution >= 4 is 29.1 Å². The maximum atomic E-state index is 12.6. The van der Waals surface area contributed by atoms with Gasteiger partial charge in [0.15, 0.2) is 6.61 Å². The average Bonchev–Trinajstić information content (AvgIpc) is 2.81. The van der Waals surface area contributed by atoms with Gasteiger partial charge in [-0.3, -0.25) is 14.4 Å². The fourth-order valence-corrected chi connectivity index (χ4v) is 3.47.